The fourth-order valence-corrected chi connectivity index (χ4v) is 3.01. The van der Waals surface area contributed by atoms with Gasteiger partial charge in [0.05, 0.1) is 0 Å². The molecule has 1 aromatic rings. The van der Waals surface area contributed by atoms with Gasteiger partial charge < -0.3 is 5.32 Å². The van der Waals surface area contributed by atoms with Crippen LogP contribution < -0.4 is 5.32 Å². The summed E-state index contributed by atoms with van der Waals surface area (Å²) >= 11 is 0. The molecule has 1 aliphatic carbocycles. The highest BCUT2D eigenvalue weighted by Gasteiger charge is 2.26. The molecule has 1 aliphatic rings. The second-order valence-corrected chi connectivity index (χ2v) is 4.91. The smallest absolute Gasteiger partial charge is 0.0136 e. The lowest BCUT2D eigenvalue weighted by molar-refractivity contribution is 0.332. The van der Waals surface area contributed by atoms with Gasteiger partial charge in [0.15, 0.2) is 0 Å². The van der Waals surface area contributed by atoms with Crippen LogP contribution in [0.1, 0.15) is 49.7 Å². The normalized spacial score (nSPS) is 25.6. The molecule has 16 heavy (non-hydrogen) atoms. The van der Waals surface area contributed by atoms with Gasteiger partial charge in [-0.25, -0.2) is 0 Å². The van der Waals surface area contributed by atoms with Gasteiger partial charge >= 0.3 is 0 Å². The summed E-state index contributed by atoms with van der Waals surface area (Å²) in [6.45, 7) is 5.55. The van der Waals surface area contributed by atoms with Crippen LogP contribution in [0.25, 0.3) is 0 Å². The Labute approximate surface area is 99.3 Å². The third kappa shape index (κ3) is 2.46. The molecule has 1 saturated carbocycles. The van der Waals surface area contributed by atoms with Crippen LogP contribution in [0.3, 0.4) is 0 Å². The van der Waals surface area contributed by atoms with Gasteiger partial charge in [0, 0.05) is 6.04 Å². The van der Waals surface area contributed by atoms with Crippen LogP contribution in [-0.2, 0) is 0 Å². The first-order valence-electron chi connectivity index (χ1n) is 6.62. The molecule has 2 unspecified atom stereocenters. The minimum atomic E-state index is 0.694. The zero-order valence-corrected chi connectivity index (χ0v) is 10.5. The first kappa shape index (κ1) is 11.7. The van der Waals surface area contributed by atoms with Gasteiger partial charge in [-0.1, -0.05) is 44.0 Å². The molecule has 1 heteroatoms. The minimum absolute atomic E-state index is 0.694. The van der Waals surface area contributed by atoms with Gasteiger partial charge in [-0.3, -0.25) is 0 Å². The van der Waals surface area contributed by atoms with Crippen LogP contribution in [-0.4, -0.2) is 12.6 Å². The van der Waals surface area contributed by atoms with Crippen LogP contribution in [0.15, 0.2) is 24.3 Å². The van der Waals surface area contributed by atoms with E-state index < -0.39 is 0 Å². The van der Waals surface area contributed by atoms with Gasteiger partial charge in [0.2, 0.25) is 0 Å². The third-order valence-corrected chi connectivity index (χ3v) is 3.82. The van der Waals surface area contributed by atoms with E-state index in [1.54, 1.807) is 5.56 Å². The molecule has 88 valence electrons. The van der Waals surface area contributed by atoms with Crippen molar-refractivity contribution < 1.29 is 0 Å². The van der Waals surface area contributed by atoms with Crippen molar-refractivity contribution in [3.8, 4) is 0 Å². The number of benzene rings is 1. The maximum Gasteiger partial charge on any atom is 0.0136 e. The Morgan fingerprint density at radius 3 is 2.69 bits per heavy atom. The lowest BCUT2D eigenvalue weighted by Gasteiger charge is -2.33. The molecule has 1 N–H and O–H groups in total. The summed E-state index contributed by atoms with van der Waals surface area (Å²) in [5, 5.41) is 3.66. The molecule has 0 radical (unpaired) electrons. The Balaban J connectivity index is 2.19. The number of nitrogens with one attached hydrogen (secondary N) is 1. The molecule has 0 aliphatic heterocycles. The van der Waals surface area contributed by atoms with Crippen LogP contribution in [0.4, 0.5) is 0 Å². The molecule has 1 nitrogen and oxygen atoms in total. The summed E-state index contributed by atoms with van der Waals surface area (Å²) in [4.78, 5) is 0. The van der Waals surface area contributed by atoms with Gasteiger partial charge in [-0.2, -0.15) is 0 Å². The molecule has 0 saturated heterocycles. The van der Waals surface area contributed by atoms with Crippen LogP contribution in [0.5, 0.6) is 0 Å². The minimum Gasteiger partial charge on any atom is -0.314 e. The largest absolute Gasteiger partial charge is 0.314 e. The van der Waals surface area contributed by atoms with Crippen LogP contribution in [0.2, 0.25) is 0 Å². The maximum atomic E-state index is 3.66. The summed E-state index contributed by atoms with van der Waals surface area (Å²) in [7, 11) is 0. The van der Waals surface area contributed by atoms with Crippen molar-refractivity contribution in [2.75, 3.05) is 6.54 Å². The van der Waals surface area contributed by atoms with Crippen molar-refractivity contribution in [2.45, 2.75) is 51.5 Å². The summed E-state index contributed by atoms with van der Waals surface area (Å²) in [6.07, 6.45) is 5.47. The maximum absolute atomic E-state index is 3.66. The predicted octanol–water partition coefficient (Wildman–Crippen LogP) is 3.63. The number of hydrogen-bond acceptors (Lipinski definition) is 1. The van der Waals surface area contributed by atoms with E-state index >= 15 is 0 Å². The van der Waals surface area contributed by atoms with Crippen LogP contribution in [0, 0.1) is 6.92 Å². The highest BCUT2D eigenvalue weighted by atomic mass is 14.9. The molecule has 0 bridgehead atoms. The van der Waals surface area contributed by atoms with Crippen molar-refractivity contribution in [3.63, 3.8) is 0 Å². The van der Waals surface area contributed by atoms with E-state index in [0.717, 1.165) is 12.5 Å². The van der Waals surface area contributed by atoms with E-state index in [1.807, 2.05) is 0 Å². The molecular formula is C15H23N. The van der Waals surface area contributed by atoms with E-state index in [0.29, 0.717) is 6.04 Å². The lowest BCUT2D eigenvalue weighted by Crippen LogP contribution is -2.37. The van der Waals surface area contributed by atoms with Crippen molar-refractivity contribution in [1.82, 2.24) is 5.32 Å². The predicted molar refractivity (Wildman–Crippen MR) is 69.9 cm³/mol. The summed E-state index contributed by atoms with van der Waals surface area (Å²) in [5.41, 5.74) is 3.02. The molecule has 0 amide bonds. The topological polar surface area (TPSA) is 12.0 Å². The van der Waals surface area contributed by atoms with Crippen molar-refractivity contribution >= 4 is 0 Å². The Morgan fingerprint density at radius 1 is 1.19 bits per heavy atom. The highest BCUT2D eigenvalue weighted by Crippen LogP contribution is 2.34. The average Bonchev–Trinajstić information content (AvgIpc) is 2.31. The van der Waals surface area contributed by atoms with E-state index in [4.69, 9.17) is 0 Å². The highest BCUT2D eigenvalue weighted by molar-refractivity contribution is 5.30. The van der Waals surface area contributed by atoms with Gasteiger partial charge in [-0.15, -0.1) is 0 Å². The van der Waals surface area contributed by atoms with E-state index in [9.17, 15) is 0 Å². The third-order valence-electron chi connectivity index (χ3n) is 3.82. The zero-order chi connectivity index (χ0) is 11.4. The van der Waals surface area contributed by atoms with Crippen molar-refractivity contribution in [2.24, 2.45) is 0 Å². The zero-order valence-electron chi connectivity index (χ0n) is 10.5. The Bertz CT molecular complexity index is 330. The molecule has 1 aromatic carbocycles. The molecule has 1 fully saturated rings. The molecule has 0 spiro atoms. The fraction of sp³-hybridized carbons (Fsp3) is 0.600. The first-order chi connectivity index (χ1) is 7.83. The fourth-order valence-electron chi connectivity index (χ4n) is 3.01. The monoisotopic (exact) mass is 217 g/mol. The van der Waals surface area contributed by atoms with E-state index in [2.05, 4.69) is 43.4 Å². The number of hydrogen-bond donors (Lipinski definition) is 1. The quantitative estimate of drug-likeness (QED) is 0.815. The summed E-state index contributed by atoms with van der Waals surface area (Å²) in [5.74, 6) is 0.731. The van der Waals surface area contributed by atoms with Gasteiger partial charge in [0.1, 0.15) is 0 Å². The van der Waals surface area contributed by atoms with E-state index in [-0.39, 0.29) is 0 Å². The first-order valence-corrected chi connectivity index (χ1v) is 6.62. The molecule has 2 rings (SSSR count). The lowest BCUT2D eigenvalue weighted by atomic mass is 9.78. The molecule has 2 atom stereocenters. The van der Waals surface area contributed by atoms with Crippen LogP contribution >= 0.6 is 0 Å². The van der Waals surface area contributed by atoms with Gasteiger partial charge in [-0.05, 0) is 43.4 Å². The Kier molecular flexibility index (Phi) is 4.00. The average molecular weight is 217 g/mol. The number of aryl methyl sites for hydroxylation is 1. The number of rotatable bonds is 3. The molecule has 0 aromatic heterocycles. The van der Waals surface area contributed by atoms with E-state index in [1.165, 1.54) is 31.2 Å². The van der Waals surface area contributed by atoms with Crippen molar-refractivity contribution in [3.05, 3.63) is 35.4 Å². The van der Waals surface area contributed by atoms with Gasteiger partial charge in [0.25, 0.3) is 0 Å². The standard InChI is InChI=1S/C15H23N/c1-3-16-15-11-7-6-10-14(15)13-9-5-4-8-12(13)2/h4-5,8-9,14-16H,3,6-7,10-11H2,1-2H3. The summed E-state index contributed by atoms with van der Waals surface area (Å²) < 4.78 is 0. The SMILES string of the molecule is CCNC1CCCCC1c1ccccc1C. The molecular weight excluding hydrogens is 194 g/mol. The second-order valence-electron chi connectivity index (χ2n) is 4.91. The number of likely N-dealkylation sites (N-methyl/N-ethyl adjacent to an activating group) is 1. The van der Waals surface area contributed by atoms with Crippen molar-refractivity contribution in [1.29, 1.82) is 0 Å². The Hall–Kier alpha value is -0.820. The Morgan fingerprint density at radius 2 is 1.94 bits per heavy atom. The second kappa shape index (κ2) is 5.49. The molecule has 0 heterocycles. The summed E-state index contributed by atoms with van der Waals surface area (Å²) in [6, 6.07) is 9.58.